The van der Waals surface area contributed by atoms with Gasteiger partial charge in [-0.3, -0.25) is 9.88 Å². The van der Waals surface area contributed by atoms with Crippen molar-refractivity contribution in [1.82, 2.24) is 9.88 Å². The van der Waals surface area contributed by atoms with E-state index in [1.807, 2.05) is 12.1 Å². The number of nitrogens with zero attached hydrogens (tertiary/aromatic N) is 2. The molecule has 0 bridgehead atoms. The molecule has 5 heteroatoms. The highest BCUT2D eigenvalue weighted by molar-refractivity contribution is 9.09. The van der Waals surface area contributed by atoms with Crippen LogP contribution in [0.15, 0.2) is 24.5 Å². The fourth-order valence-electron chi connectivity index (χ4n) is 1.30. The third-order valence-electron chi connectivity index (χ3n) is 1.93. The number of hydrogen-bond acceptors (Lipinski definition) is 2. The van der Waals surface area contributed by atoms with Crippen LogP contribution in [-0.2, 0) is 6.54 Å². The third-order valence-corrected chi connectivity index (χ3v) is 2.28. The SMILES string of the molecule is FC(F)CN(CCBr)Cc1cccnc1. The Labute approximate surface area is 96.4 Å². The van der Waals surface area contributed by atoms with Crippen molar-refractivity contribution in [1.29, 1.82) is 0 Å². The van der Waals surface area contributed by atoms with E-state index in [0.717, 1.165) is 5.56 Å². The van der Waals surface area contributed by atoms with E-state index in [9.17, 15) is 8.78 Å². The molecule has 0 saturated carbocycles. The first-order valence-electron chi connectivity index (χ1n) is 4.67. The second-order valence-electron chi connectivity index (χ2n) is 3.18. The smallest absolute Gasteiger partial charge is 0.251 e. The first-order chi connectivity index (χ1) is 7.22. The summed E-state index contributed by atoms with van der Waals surface area (Å²) in [6, 6.07) is 3.70. The number of aromatic nitrogens is 1. The van der Waals surface area contributed by atoms with Crippen LogP contribution in [0.3, 0.4) is 0 Å². The van der Waals surface area contributed by atoms with Gasteiger partial charge in [-0.1, -0.05) is 22.0 Å². The predicted octanol–water partition coefficient (Wildman–Crippen LogP) is 2.54. The van der Waals surface area contributed by atoms with E-state index < -0.39 is 6.43 Å². The molecule has 1 heterocycles. The van der Waals surface area contributed by atoms with Crippen molar-refractivity contribution in [3.63, 3.8) is 0 Å². The Balaban J connectivity index is 2.50. The zero-order valence-electron chi connectivity index (χ0n) is 8.24. The van der Waals surface area contributed by atoms with Crippen molar-refractivity contribution in [2.75, 3.05) is 18.4 Å². The molecule has 0 amide bonds. The summed E-state index contributed by atoms with van der Waals surface area (Å²) in [6.45, 7) is 0.934. The van der Waals surface area contributed by atoms with Gasteiger partial charge in [-0.25, -0.2) is 8.78 Å². The van der Waals surface area contributed by atoms with Crippen molar-refractivity contribution in [3.05, 3.63) is 30.1 Å². The summed E-state index contributed by atoms with van der Waals surface area (Å²) in [5.74, 6) is 0. The van der Waals surface area contributed by atoms with Crippen LogP contribution in [0.2, 0.25) is 0 Å². The molecule has 1 rings (SSSR count). The first-order valence-corrected chi connectivity index (χ1v) is 5.80. The van der Waals surface area contributed by atoms with Gasteiger partial charge in [0.1, 0.15) is 0 Å². The highest BCUT2D eigenvalue weighted by Crippen LogP contribution is 2.06. The maximum absolute atomic E-state index is 12.2. The maximum Gasteiger partial charge on any atom is 0.251 e. The van der Waals surface area contributed by atoms with E-state index >= 15 is 0 Å². The maximum atomic E-state index is 12.2. The summed E-state index contributed by atoms with van der Waals surface area (Å²) in [5, 5.41) is 0.694. The molecule has 0 radical (unpaired) electrons. The molecule has 0 saturated heterocycles. The van der Waals surface area contributed by atoms with Crippen molar-refractivity contribution in [2.45, 2.75) is 13.0 Å². The van der Waals surface area contributed by atoms with Gasteiger partial charge in [0, 0.05) is 30.8 Å². The van der Waals surface area contributed by atoms with Gasteiger partial charge in [0.25, 0.3) is 6.43 Å². The zero-order valence-corrected chi connectivity index (χ0v) is 9.83. The van der Waals surface area contributed by atoms with Crippen LogP contribution in [0.1, 0.15) is 5.56 Å². The number of pyridine rings is 1. The molecule has 0 atom stereocenters. The van der Waals surface area contributed by atoms with Gasteiger partial charge in [0.2, 0.25) is 0 Å². The molecule has 0 aromatic carbocycles. The van der Waals surface area contributed by atoms with E-state index in [2.05, 4.69) is 20.9 Å². The molecule has 0 fully saturated rings. The molecule has 1 aromatic rings. The summed E-state index contributed by atoms with van der Waals surface area (Å²) < 4.78 is 24.5. The zero-order chi connectivity index (χ0) is 11.1. The molecule has 0 N–H and O–H groups in total. The van der Waals surface area contributed by atoms with Gasteiger partial charge < -0.3 is 0 Å². The summed E-state index contributed by atoms with van der Waals surface area (Å²) in [5.41, 5.74) is 0.958. The average molecular weight is 279 g/mol. The van der Waals surface area contributed by atoms with Crippen LogP contribution in [0.4, 0.5) is 8.78 Å². The highest BCUT2D eigenvalue weighted by Gasteiger charge is 2.11. The fourth-order valence-corrected chi connectivity index (χ4v) is 1.80. The summed E-state index contributed by atoms with van der Waals surface area (Å²) >= 11 is 3.25. The van der Waals surface area contributed by atoms with E-state index in [0.29, 0.717) is 18.4 Å². The van der Waals surface area contributed by atoms with Crippen molar-refractivity contribution < 1.29 is 8.78 Å². The van der Waals surface area contributed by atoms with Crippen LogP contribution in [0.25, 0.3) is 0 Å². The predicted molar refractivity (Wildman–Crippen MR) is 59.3 cm³/mol. The lowest BCUT2D eigenvalue weighted by atomic mass is 10.2. The monoisotopic (exact) mass is 278 g/mol. The lowest BCUT2D eigenvalue weighted by molar-refractivity contribution is 0.0881. The lowest BCUT2D eigenvalue weighted by Crippen LogP contribution is -2.30. The number of hydrogen-bond donors (Lipinski definition) is 0. The van der Waals surface area contributed by atoms with Crippen LogP contribution < -0.4 is 0 Å². The number of rotatable bonds is 6. The van der Waals surface area contributed by atoms with Crippen molar-refractivity contribution in [2.24, 2.45) is 0 Å². The molecule has 0 aliphatic heterocycles. The molecular formula is C10H13BrF2N2. The fraction of sp³-hybridized carbons (Fsp3) is 0.500. The molecular weight excluding hydrogens is 266 g/mol. The van der Waals surface area contributed by atoms with Gasteiger partial charge in [-0.2, -0.15) is 0 Å². The molecule has 1 aromatic heterocycles. The van der Waals surface area contributed by atoms with Gasteiger partial charge in [0.15, 0.2) is 0 Å². The Morgan fingerprint density at radius 1 is 1.47 bits per heavy atom. The van der Waals surface area contributed by atoms with E-state index in [-0.39, 0.29) is 6.54 Å². The van der Waals surface area contributed by atoms with Crippen molar-refractivity contribution >= 4 is 15.9 Å². The number of halogens is 3. The van der Waals surface area contributed by atoms with E-state index in [1.54, 1.807) is 17.3 Å². The molecule has 84 valence electrons. The van der Waals surface area contributed by atoms with Gasteiger partial charge >= 0.3 is 0 Å². The molecule has 0 spiro atoms. The molecule has 2 nitrogen and oxygen atoms in total. The minimum absolute atomic E-state index is 0.194. The molecule has 0 aliphatic carbocycles. The minimum atomic E-state index is -2.29. The Morgan fingerprint density at radius 2 is 2.27 bits per heavy atom. The quantitative estimate of drug-likeness (QED) is 0.744. The van der Waals surface area contributed by atoms with E-state index in [4.69, 9.17) is 0 Å². The van der Waals surface area contributed by atoms with Gasteiger partial charge in [0.05, 0.1) is 6.54 Å². The van der Waals surface area contributed by atoms with Crippen molar-refractivity contribution in [3.8, 4) is 0 Å². The standard InChI is InChI=1S/C10H13BrF2N2/c11-3-5-15(8-10(12)13)7-9-2-1-4-14-6-9/h1-2,4,6,10H,3,5,7-8H2. The Bertz CT molecular complexity index is 269. The van der Waals surface area contributed by atoms with Crippen LogP contribution in [0, 0.1) is 0 Å². The first kappa shape index (κ1) is 12.5. The van der Waals surface area contributed by atoms with Crippen LogP contribution in [-0.4, -0.2) is 34.7 Å². The largest absolute Gasteiger partial charge is 0.293 e. The normalized spacial score (nSPS) is 11.3. The Morgan fingerprint density at radius 3 is 2.80 bits per heavy atom. The topological polar surface area (TPSA) is 16.1 Å². The Kier molecular flexibility index (Phi) is 5.71. The number of alkyl halides is 3. The summed E-state index contributed by atoms with van der Waals surface area (Å²) in [6.07, 6.45) is 1.08. The minimum Gasteiger partial charge on any atom is -0.293 e. The summed E-state index contributed by atoms with van der Waals surface area (Å²) in [7, 11) is 0. The second kappa shape index (κ2) is 6.85. The Hall–Kier alpha value is -0.550. The van der Waals surface area contributed by atoms with Gasteiger partial charge in [-0.05, 0) is 11.6 Å². The van der Waals surface area contributed by atoms with Gasteiger partial charge in [-0.15, -0.1) is 0 Å². The second-order valence-corrected chi connectivity index (χ2v) is 3.97. The average Bonchev–Trinajstić information content (AvgIpc) is 2.18. The van der Waals surface area contributed by atoms with Crippen LogP contribution >= 0.6 is 15.9 Å². The van der Waals surface area contributed by atoms with Crippen LogP contribution in [0.5, 0.6) is 0 Å². The molecule has 0 aliphatic rings. The summed E-state index contributed by atoms with van der Waals surface area (Å²) in [4.78, 5) is 5.66. The highest BCUT2D eigenvalue weighted by atomic mass is 79.9. The molecule has 0 unspecified atom stereocenters. The third kappa shape index (κ3) is 5.18. The van der Waals surface area contributed by atoms with E-state index in [1.165, 1.54) is 0 Å². The molecule has 15 heavy (non-hydrogen) atoms. The lowest BCUT2D eigenvalue weighted by Gasteiger charge is -2.20.